The van der Waals surface area contributed by atoms with Gasteiger partial charge >= 0.3 is 0 Å². The molecule has 0 radical (unpaired) electrons. The summed E-state index contributed by atoms with van der Waals surface area (Å²) in [7, 11) is 0. The van der Waals surface area contributed by atoms with E-state index in [1.54, 1.807) is 0 Å². The van der Waals surface area contributed by atoms with Gasteiger partial charge in [-0.1, -0.05) is 19.3 Å². The molecule has 1 saturated carbocycles. The first-order valence-corrected chi connectivity index (χ1v) is 7.78. The lowest BCUT2D eigenvalue weighted by Crippen LogP contribution is -2.42. The SMILES string of the molecule is Cc1nc(CCN)c2n1CCN(C1CCCCC1)C2. The molecule has 4 nitrogen and oxygen atoms in total. The Morgan fingerprint density at radius 1 is 1.21 bits per heavy atom. The summed E-state index contributed by atoms with van der Waals surface area (Å²) in [6, 6.07) is 0.809. The van der Waals surface area contributed by atoms with Gasteiger partial charge in [-0.05, 0) is 26.3 Å². The van der Waals surface area contributed by atoms with E-state index in [1.807, 2.05) is 0 Å². The van der Waals surface area contributed by atoms with Crippen molar-refractivity contribution in [2.45, 2.75) is 64.6 Å². The first-order chi connectivity index (χ1) is 9.29. The first kappa shape index (κ1) is 13.1. The van der Waals surface area contributed by atoms with Crippen molar-refractivity contribution in [3.63, 3.8) is 0 Å². The van der Waals surface area contributed by atoms with E-state index in [2.05, 4.69) is 16.4 Å². The van der Waals surface area contributed by atoms with Gasteiger partial charge < -0.3 is 10.3 Å². The summed E-state index contributed by atoms with van der Waals surface area (Å²) in [5.74, 6) is 1.17. The topological polar surface area (TPSA) is 47.1 Å². The van der Waals surface area contributed by atoms with Crippen LogP contribution in [0.25, 0.3) is 0 Å². The van der Waals surface area contributed by atoms with Crippen molar-refractivity contribution in [3.8, 4) is 0 Å². The van der Waals surface area contributed by atoms with Gasteiger partial charge in [0, 0.05) is 32.1 Å². The van der Waals surface area contributed by atoms with Crippen LogP contribution in [0.1, 0.15) is 49.3 Å². The molecule has 19 heavy (non-hydrogen) atoms. The molecular weight excluding hydrogens is 236 g/mol. The Balaban J connectivity index is 1.77. The number of imidazole rings is 1. The quantitative estimate of drug-likeness (QED) is 0.904. The van der Waals surface area contributed by atoms with E-state index in [0.717, 1.165) is 25.6 Å². The molecule has 3 rings (SSSR count). The normalized spacial score (nSPS) is 21.6. The van der Waals surface area contributed by atoms with Crippen LogP contribution in [-0.2, 0) is 19.5 Å². The summed E-state index contributed by atoms with van der Waals surface area (Å²) >= 11 is 0. The summed E-state index contributed by atoms with van der Waals surface area (Å²) in [6.07, 6.45) is 7.95. The standard InChI is InChI=1S/C15H26N4/c1-12-17-14(7-8-16)15-11-18(9-10-19(12)15)13-5-3-2-4-6-13/h13H,2-11,16H2,1H3. The summed E-state index contributed by atoms with van der Waals surface area (Å²) in [5.41, 5.74) is 8.38. The Labute approximate surface area is 116 Å². The van der Waals surface area contributed by atoms with Crippen LogP contribution in [-0.4, -0.2) is 33.6 Å². The maximum atomic E-state index is 5.72. The minimum Gasteiger partial charge on any atom is -0.330 e. The molecule has 1 aliphatic heterocycles. The number of rotatable bonds is 3. The maximum Gasteiger partial charge on any atom is 0.106 e. The third kappa shape index (κ3) is 2.56. The Morgan fingerprint density at radius 2 is 2.00 bits per heavy atom. The summed E-state index contributed by atoms with van der Waals surface area (Å²) in [4.78, 5) is 7.41. The van der Waals surface area contributed by atoms with E-state index in [-0.39, 0.29) is 0 Å². The van der Waals surface area contributed by atoms with E-state index >= 15 is 0 Å². The van der Waals surface area contributed by atoms with Crippen LogP contribution in [0.15, 0.2) is 0 Å². The molecule has 0 amide bonds. The molecule has 2 N–H and O–H groups in total. The number of nitrogens with two attached hydrogens (primary N) is 1. The average Bonchev–Trinajstić information content (AvgIpc) is 2.77. The molecule has 0 spiro atoms. The summed E-state index contributed by atoms with van der Waals surface area (Å²) in [5, 5.41) is 0. The van der Waals surface area contributed by atoms with Gasteiger partial charge in [0.25, 0.3) is 0 Å². The summed E-state index contributed by atoms with van der Waals surface area (Å²) < 4.78 is 2.41. The highest BCUT2D eigenvalue weighted by molar-refractivity contribution is 5.19. The zero-order valence-electron chi connectivity index (χ0n) is 12.1. The Hall–Kier alpha value is -0.870. The van der Waals surface area contributed by atoms with Gasteiger partial charge in [0.15, 0.2) is 0 Å². The van der Waals surface area contributed by atoms with Crippen LogP contribution in [0.4, 0.5) is 0 Å². The predicted octanol–water partition coefficient (Wildman–Crippen LogP) is 1.84. The fourth-order valence-corrected chi connectivity index (χ4v) is 3.74. The fraction of sp³-hybridized carbons (Fsp3) is 0.800. The van der Waals surface area contributed by atoms with Crippen molar-refractivity contribution in [1.82, 2.24) is 14.5 Å². The lowest BCUT2D eigenvalue weighted by molar-refractivity contribution is 0.122. The average molecular weight is 262 g/mol. The molecule has 0 bridgehead atoms. The molecule has 1 aromatic heterocycles. The fourth-order valence-electron chi connectivity index (χ4n) is 3.74. The third-order valence-corrected chi connectivity index (χ3v) is 4.78. The van der Waals surface area contributed by atoms with Gasteiger partial charge in [-0.2, -0.15) is 0 Å². The van der Waals surface area contributed by atoms with Gasteiger partial charge in [0.2, 0.25) is 0 Å². The second-order valence-corrected chi connectivity index (χ2v) is 6.01. The number of hydrogen-bond acceptors (Lipinski definition) is 3. The van der Waals surface area contributed by atoms with Crippen LogP contribution in [0.5, 0.6) is 0 Å². The second kappa shape index (κ2) is 5.63. The predicted molar refractivity (Wildman–Crippen MR) is 77.0 cm³/mol. The zero-order chi connectivity index (χ0) is 13.2. The molecule has 106 valence electrons. The second-order valence-electron chi connectivity index (χ2n) is 6.01. The van der Waals surface area contributed by atoms with Crippen molar-refractivity contribution >= 4 is 0 Å². The third-order valence-electron chi connectivity index (χ3n) is 4.78. The van der Waals surface area contributed by atoms with Crippen LogP contribution < -0.4 is 5.73 Å². The highest BCUT2D eigenvalue weighted by Gasteiger charge is 2.27. The molecule has 0 unspecified atom stereocenters. The van der Waals surface area contributed by atoms with Gasteiger partial charge in [-0.15, -0.1) is 0 Å². The highest BCUT2D eigenvalue weighted by atomic mass is 15.2. The van der Waals surface area contributed by atoms with Crippen molar-refractivity contribution in [1.29, 1.82) is 0 Å². The Morgan fingerprint density at radius 3 is 2.74 bits per heavy atom. The Bertz CT molecular complexity index is 432. The number of nitrogens with zero attached hydrogens (tertiary/aromatic N) is 3. The van der Waals surface area contributed by atoms with Gasteiger partial charge in [0.05, 0.1) is 11.4 Å². The van der Waals surface area contributed by atoms with Crippen molar-refractivity contribution in [2.75, 3.05) is 13.1 Å². The molecule has 2 heterocycles. The van der Waals surface area contributed by atoms with Crippen LogP contribution in [0.3, 0.4) is 0 Å². The summed E-state index contributed by atoms with van der Waals surface area (Å²) in [6.45, 7) is 6.21. The molecule has 2 aliphatic rings. The van der Waals surface area contributed by atoms with Crippen LogP contribution >= 0.6 is 0 Å². The van der Waals surface area contributed by atoms with E-state index in [4.69, 9.17) is 10.7 Å². The molecule has 0 aromatic carbocycles. The highest BCUT2D eigenvalue weighted by Crippen LogP contribution is 2.27. The monoisotopic (exact) mass is 262 g/mol. The largest absolute Gasteiger partial charge is 0.330 e. The number of hydrogen-bond donors (Lipinski definition) is 1. The van der Waals surface area contributed by atoms with Crippen LogP contribution in [0, 0.1) is 6.92 Å². The zero-order valence-corrected chi connectivity index (χ0v) is 12.1. The van der Waals surface area contributed by atoms with E-state index < -0.39 is 0 Å². The molecule has 1 aromatic rings. The van der Waals surface area contributed by atoms with Gasteiger partial charge in [0.1, 0.15) is 5.82 Å². The van der Waals surface area contributed by atoms with Crippen molar-refractivity contribution < 1.29 is 0 Å². The first-order valence-electron chi connectivity index (χ1n) is 7.78. The number of aryl methyl sites for hydroxylation is 1. The molecule has 1 fully saturated rings. The minimum atomic E-state index is 0.701. The minimum absolute atomic E-state index is 0.701. The van der Waals surface area contributed by atoms with Gasteiger partial charge in [-0.3, -0.25) is 4.90 Å². The molecular formula is C15H26N4. The molecule has 4 heteroatoms. The Kier molecular flexibility index (Phi) is 3.89. The van der Waals surface area contributed by atoms with Crippen LogP contribution in [0.2, 0.25) is 0 Å². The molecule has 0 saturated heterocycles. The lowest BCUT2D eigenvalue weighted by Gasteiger charge is -2.37. The van der Waals surface area contributed by atoms with Crippen molar-refractivity contribution in [3.05, 3.63) is 17.2 Å². The number of fused-ring (bicyclic) bond motifs is 1. The van der Waals surface area contributed by atoms with Crippen molar-refractivity contribution in [2.24, 2.45) is 5.73 Å². The van der Waals surface area contributed by atoms with E-state index in [0.29, 0.717) is 6.54 Å². The molecule has 1 aliphatic carbocycles. The smallest absolute Gasteiger partial charge is 0.106 e. The number of aromatic nitrogens is 2. The lowest BCUT2D eigenvalue weighted by atomic mass is 9.93. The van der Waals surface area contributed by atoms with E-state index in [9.17, 15) is 0 Å². The van der Waals surface area contributed by atoms with E-state index in [1.165, 1.54) is 55.9 Å². The molecule has 0 atom stereocenters. The van der Waals surface area contributed by atoms with Gasteiger partial charge in [-0.25, -0.2) is 4.98 Å². The maximum absolute atomic E-state index is 5.72.